The number of hydrogen-bond acceptors (Lipinski definition) is 3. The largest absolute Gasteiger partial charge is 0.304 e. The predicted octanol–water partition coefficient (Wildman–Crippen LogP) is 2.08. The van der Waals surface area contributed by atoms with E-state index in [0.717, 1.165) is 11.0 Å². The van der Waals surface area contributed by atoms with E-state index in [1.807, 2.05) is 46.9 Å². The predicted molar refractivity (Wildman–Crippen MR) is 70.4 cm³/mol. The van der Waals surface area contributed by atoms with Crippen LogP contribution in [0, 0.1) is 3.57 Å². The SMILES string of the molecule is O=c1[nH]c2nc3ccccc3nc2cc1I. The molecular formula is C11H6IN3O. The molecule has 2 heterocycles. The van der Waals surface area contributed by atoms with Gasteiger partial charge < -0.3 is 4.98 Å². The Morgan fingerprint density at radius 3 is 2.50 bits per heavy atom. The lowest BCUT2D eigenvalue weighted by molar-refractivity contribution is 1.21. The Morgan fingerprint density at radius 2 is 1.75 bits per heavy atom. The second kappa shape index (κ2) is 3.51. The average molecular weight is 323 g/mol. The number of aromatic amines is 1. The summed E-state index contributed by atoms with van der Waals surface area (Å²) < 4.78 is 0.620. The number of para-hydroxylation sites is 2. The molecule has 0 bridgehead atoms. The molecule has 0 radical (unpaired) electrons. The van der Waals surface area contributed by atoms with Crippen molar-refractivity contribution < 1.29 is 0 Å². The summed E-state index contributed by atoms with van der Waals surface area (Å²) >= 11 is 1.98. The van der Waals surface area contributed by atoms with Crippen LogP contribution in [0.3, 0.4) is 0 Å². The fourth-order valence-corrected chi connectivity index (χ4v) is 1.99. The summed E-state index contributed by atoms with van der Waals surface area (Å²) in [5.41, 5.74) is 2.73. The van der Waals surface area contributed by atoms with Crippen molar-refractivity contribution in [1.29, 1.82) is 0 Å². The van der Waals surface area contributed by atoms with Crippen LogP contribution >= 0.6 is 22.6 Å². The second-order valence-electron chi connectivity index (χ2n) is 3.39. The van der Waals surface area contributed by atoms with Gasteiger partial charge in [-0.3, -0.25) is 4.79 Å². The number of fused-ring (bicyclic) bond motifs is 2. The zero-order valence-corrected chi connectivity index (χ0v) is 10.2. The molecule has 0 amide bonds. The van der Waals surface area contributed by atoms with Gasteiger partial charge in [-0.2, -0.15) is 0 Å². The number of pyridine rings is 1. The first kappa shape index (κ1) is 9.71. The van der Waals surface area contributed by atoms with Crippen molar-refractivity contribution in [3.05, 3.63) is 44.3 Å². The molecule has 0 aliphatic rings. The molecule has 0 unspecified atom stereocenters. The molecule has 0 fully saturated rings. The molecule has 16 heavy (non-hydrogen) atoms. The Bertz CT molecular complexity index is 751. The topological polar surface area (TPSA) is 58.6 Å². The Hall–Kier alpha value is -1.50. The fourth-order valence-electron chi connectivity index (χ4n) is 1.56. The van der Waals surface area contributed by atoms with Crippen LogP contribution in [0.15, 0.2) is 35.1 Å². The van der Waals surface area contributed by atoms with Crippen molar-refractivity contribution in [3.63, 3.8) is 0 Å². The monoisotopic (exact) mass is 323 g/mol. The van der Waals surface area contributed by atoms with Gasteiger partial charge in [0, 0.05) is 0 Å². The maximum atomic E-state index is 11.4. The van der Waals surface area contributed by atoms with E-state index >= 15 is 0 Å². The van der Waals surface area contributed by atoms with Gasteiger partial charge in [0.15, 0.2) is 5.65 Å². The van der Waals surface area contributed by atoms with Gasteiger partial charge in [-0.05, 0) is 40.8 Å². The highest BCUT2D eigenvalue weighted by Crippen LogP contribution is 2.14. The van der Waals surface area contributed by atoms with Crippen LogP contribution in [0.1, 0.15) is 0 Å². The van der Waals surface area contributed by atoms with Crippen molar-refractivity contribution in [3.8, 4) is 0 Å². The number of benzene rings is 1. The van der Waals surface area contributed by atoms with E-state index in [4.69, 9.17) is 0 Å². The molecule has 1 N–H and O–H groups in total. The minimum atomic E-state index is -0.127. The van der Waals surface area contributed by atoms with Gasteiger partial charge in [0.2, 0.25) is 0 Å². The lowest BCUT2D eigenvalue weighted by atomic mass is 10.3. The van der Waals surface area contributed by atoms with Crippen LogP contribution in [-0.2, 0) is 0 Å². The molecule has 2 aromatic heterocycles. The summed E-state index contributed by atoms with van der Waals surface area (Å²) in [5, 5.41) is 0. The highest BCUT2D eigenvalue weighted by atomic mass is 127. The number of halogens is 1. The lowest BCUT2D eigenvalue weighted by Gasteiger charge is -2.00. The van der Waals surface area contributed by atoms with Crippen LogP contribution in [0.5, 0.6) is 0 Å². The highest BCUT2D eigenvalue weighted by molar-refractivity contribution is 14.1. The van der Waals surface area contributed by atoms with E-state index < -0.39 is 0 Å². The van der Waals surface area contributed by atoms with Crippen molar-refractivity contribution in [1.82, 2.24) is 15.0 Å². The summed E-state index contributed by atoms with van der Waals surface area (Å²) in [7, 11) is 0. The quantitative estimate of drug-likeness (QED) is 0.509. The summed E-state index contributed by atoms with van der Waals surface area (Å²) in [6.07, 6.45) is 0. The molecule has 0 aliphatic carbocycles. The zero-order chi connectivity index (χ0) is 11.1. The molecule has 0 saturated carbocycles. The first-order chi connectivity index (χ1) is 7.74. The number of aromatic nitrogens is 3. The second-order valence-corrected chi connectivity index (χ2v) is 4.55. The van der Waals surface area contributed by atoms with Crippen LogP contribution in [0.25, 0.3) is 22.2 Å². The molecular weight excluding hydrogens is 317 g/mol. The van der Waals surface area contributed by atoms with Crippen molar-refractivity contribution in [2.24, 2.45) is 0 Å². The Labute approximate surface area is 104 Å². The smallest absolute Gasteiger partial charge is 0.263 e. The summed E-state index contributed by atoms with van der Waals surface area (Å²) in [6, 6.07) is 9.33. The first-order valence-electron chi connectivity index (χ1n) is 4.69. The average Bonchev–Trinajstić information content (AvgIpc) is 2.28. The Kier molecular flexibility index (Phi) is 2.13. The molecule has 4 nitrogen and oxygen atoms in total. The van der Waals surface area contributed by atoms with E-state index in [2.05, 4.69) is 15.0 Å². The number of H-pyrrole nitrogens is 1. The number of nitrogens with one attached hydrogen (secondary N) is 1. The maximum Gasteiger partial charge on any atom is 0.263 e. The molecule has 3 aromatic rings. The van der Waals surface area contributed by atoms with Crippen molar-refractivity contribution >= 4 is 44.8 Å². The van der Waals surface area contributed by atoms with E-state index in [0.29, 0.717) is 14.7 Å². The Balaban J connectivity index is 2.51. The number of nitrogens with zero attached hydrogens (tertiary/aromatic N) is 2. The standard InChI is InChI=1S/C11H6IN3O/c12-6-5-9-10(15-11(6)16)14-8-4-2-1-3-7(8)13-9/h1-5H,(H,14,15,16). The molecule has 0 aliphatic heterocycles. The van der Waals surface area contributed by atoms with E-state index in [1.165, 1.54) is 0 Å². The van der Waals surface area contributed by atoms with Gasteiger partial charge in [0.1, 0.15) is 5.52 Å². The minimum absolute atomic E-state index is 0.127. The van der Waals surface area contributed by atoms with E-state index in [-0.39, 0.29) is 5.56 Å². The summed E-state index contributed by atoms with van der Waals surface area (Å²) in [5.74, 6) is 0. The van der Waals surface area contributed by atoms with Crippen LogP contribution < -0.4 is 5.56 Å². The number of hydrogen-bond donors (Lipinski definition) is 1. The van der Waals surface area contributed by atoms with Gasteiger partial charge in [-0.25, -0.2) is 9.97 Å². The minimum Gasteiger partial charge on any atom is -0.304 e. The fraction of sp³-hybridized carbons (Fsp3) is 0. The van der Waals surface area contributed by atoms with Gasteiger partial charge in [-0.1, -0.05) is 12.1 Å². The van der Waals surface area contributed by atoms with Gasteiger partial charge in [-0.15, -0.1) is 0 Å². The summed E-state index contributed by atoms with van der Waals surface area (Å²) in [6.45, 7) is 0. The maximum absolute atomic E-state index is 11.4. The normalized spacial score (nSPS) is 11.1. The van der Waals surface area contributed by atoms with Gasteiger partial charge in [0.25, 0.3) is 5.56 Å². The van der Waals surface area contributed by atoms with Gasteiger partial charge >= 0.3 is 0 Å². The van der Waals surface area contributed by atoms with Crippen molar-refractivity contribution in [2.45, 2.75) is 0 Å². The van der Waals surface area contributed by atoms with Crippen molar-refractivity contribution in [2.75, 3.05) is 0 Å². The molecule has 3 rings (SSSR count). The van der Waals surface area contributed by atoms with E-state index in [1.54, 1.807) is 6.07 Å². The third-order valence-corrected chi connectivity index (χ3v) is 3.11. The third-order valence-electron chi connectivity index (χ3n) is 2.31. The number of rotatable bonds is 0. The molecule has 0 saturated heterocycles. The third kappa shape index (κ3) is 1.47. The van der Waals surface area contributed by atoms with Gasteiger partial charge in [0.05, 0.1) is 14.6 Å². The molecule has 78 valence electrons. The molecule has 0 spiro atoms. The van der Waals surface area contributed by atoms with Crippen LogP contribution in [0.4, 0.5) is 0 Å². The highest BCUT2D eigenvalue weighted by Gasteiger charge is 2.04. The zero-order valence-electron chi connectivity index (χ0n) is 8.07. The first-order valence-corrected chi connectivity index (χ1v) is 5.77. The molecule has 0 atom stereocenters. The van der Waals surface area contributed by atoms with Crippen LogP contribution in [-0.4, -0.2) is 15.0 Å². The summed E-state index contributed by atoms with van der Waals surface area (Å²) in [4.78, 5) is 23.0. The Morgan fingerprint density at radius 1 is 1.06 bits per heavy atom. The molecule has 1 aromatic carbocycles. The molecule has 5 heteroatoms. The van der Waals surface area contributed by atoms with Crippen LogP contribution in [0.2, 0.25) is 0 Å². The van der Waals surface area contributed by atoms with E-state index in [9.17, 15) is 4.79 Å². The lowest BCUT2D eigenvalue weighted by Crippen LogP contribution is -2.10.